The maximum absolute atomic E-state index is 12.5. The minimum atomic E-state index is -4.78. The monoisotopic (exact) mass is 323 g/mol. The minimum Gasteiger partial charge on any atom is -0.404 e. The Morgan fingerprint density at radius 3 is 2.70 bits per heavy atom. The zero-order chi connectivity index (χ0) is 16.4. The number of benzene rings is 1. The SMILES string of the molecule is CCn1cnc2c(Nc3ccccc3OC(F)(F)F)ncnc21. The maximum atomic E-state index is 12.5. The summed E-state index contributed by atoms with van der Waals surface area (Å²) in [5.41, 5.74) is 1.20. The summed E-state index contributed by atoms with van der Waals surface area (Å²) < 4.78 is 43.2. The number of imidazole rings is 1. The van der Waals surface area contributed by atoms with E-state index in [0.29, 0.717) is 23.5 Å². The lowest BCUT2D eigenvalue weighted by atomic mass is 10.3. The number of aromatic nitrogens is 4. The van der Waals surface area contributed by atoms with Gasteiger partial charge in [0.15, 0.2) is 22.7 Å². The number of rotatable bonds is 4. The Morgan fingerprint density at radius 2 is 1.96 bits per heavy atom. The Morgan fingerprint density at radius 1 is 1.17 bits per heavy atom. The van der Waals surface area contributed by atoms with Crippen molar-refractivity contribution in [3.63, 3.8) is 0 Å². The first-order valence-corrected chi connectivity index (χ1v) is 6.75. The number of anilines is 2. The van der Waals surface area contributed by atoms with Crippen molar-refractivity contribution >= 4 is 22.7 Å². The molecule has 0 atom stereocenters. The van der Waals surface area contributed by atoms with Gasteiger partial charge in [-0.25, -0.2) is 15.0 Å². The summed E-state index contributed by atoms with van der Waals surface area (Å²) in [4.78, 5) is 12.4. The van der Waals surface area contributed by atoms with Gasteiger partial charge in [0.1, 0.15) is 6.33 Å². The molecule has 0 aliphatic carbocycles. The quantitative estimate of drug-likeness (QED) is 0.796. The van der Waals surface area contributed by atoms with E-state index in [4.69, 9.17) is 0 Å². The van der Waals surface area contributed by atoms with Crippen molar-refractivity contribution in [3.8, 4) is 5.75 Å². The Balaban J connectivity index is 1.98. The van der Waals surface area contributed by atoms with E-state index in [-0.39, 0.29) is 11.4 Å². The number of nitrogens with zero attached hydrogens (tertiary/aromatic N) is 4. The fourth-order valence-electron chi connectivity index (χ4n) is 2.11. The Bertz CT molecular complexity index is 831. The van der Waals surface area contributed by atoms with Crippen molar-refractivity contribution in [3.05, 3.63) is 36.9 Å². The van der Waals surface area contributed by atoms with Gasteiger partial charge in [0, 0.05) is 6.54 Å². The van der Waals surface area contributed by atoms with Gasteiger partial charge in [0.25, 0.3) is 0 Å². The molecule has 0 spiro atoms. The third-order valence-electron chi connectivity index (χ3n) is 3.11. The van der Waals surface area contributed by atoms with Crippen LogP contribution in [0.15, 0.2) is 36.9 Å². The van der Waals surface area contributed by atoms with Gasteiger partial charge in [-0.15, -0.1) is 13.2 Å². The Hall–Kier alpha value is -2.84. The number of hydrogen-bond acceptors (Lipinski definition) is 5. The predicted molar refractivity (Wildman–Crippen MR) is 77.4 cm³/mol. The number of alkyl halides is 3. The highest BCUT2D eigenvalue weighted by Crippen LogP contribution is 2.32. The molecule has 0 bridgehead atoms. The molecular weight excluding hydrogens is 311 g/mol. The van der Waals surface area contributed by atoms with E-state index in [1.807, 2.05) is 6.92 Å². The summed E-state index contributed by atoms with van der Waals surface area (Å²) in [7, 11) is 0. The highest BCUT2D eigenvalue weighted by atomic mass is 19.4. The maximum Gasteiger partial charge on any atom is 0.573 e. The van der Waals surface area contributed by atoms with Gasteiger partial charge in [-0.3, -0.25) is 0 Å². The topological polar surface area (TPSA) is 64.9 Å². The van der Waals surface area contributed by atoms with Crippen LogP contribution in [0.1, 0.15) is 6.92 Å². The summed E-state index contributed by atoms with van der Waals surface area (Å²) in [6.45, 7) is 2.60. The summed E-state index contributed by atoms with van der Waals surface area (Å²) in [5.74, 6) is -0.0397. The molecule has 0 saturated heterocycles. The van der Waals surface area contributed by atoms with Crippen LogP contribution in [-0.4, -0.2) is 25.9 Å². The van der Waals surface area contributed by atoms with E-state index in [1.165, 1.54) is 24.5 Å². The van der Waals surface area contributed by atoms with E-state index in [9.17, 15) is 13.2 Å². The second-order valence-corrected chi connectivity index (χ2v) is 4.59. The summed E-state index contributed by atoms with van der Waals surface area (Å²) >= 11 is 0. The molecule has 9 heteroatoms. The lowest BCUT2D eigenvalue weighted by Crippen LogP contribution is -2.17. The molecule has 0 fully saturated rings. The van der Waals surface area contributed by atoms with Crippen LogP contribution in [0.5, 0.6) is 5.75 Å². The zero-order valence-electron chi connectivity index (χ0n) is 12.0. The number of halogens is 3. The van der Waals surface area contributed by atoms with Crippen LogP contribution in [0.2, 0.25) is 0 Å². The third kappa shape index (κ3) is 3.17. The molecule has 120 valence electrons. The van der Waals surface area contributed by atoms with Crippen LogP contribution in [0.4, 0.5) is 24.7 Å². The molecular formula is C14H12F3N5O. The van der Waals surface area contributed by atoms with E-state index < -0.39 is 6.36 Å². The first-order valence-electron chi connectivity index (χ1n) is 6.75. The van der Waals surface area contributed by atoms with Crippen molar-refractivity contribution in [2.45, 2.75) is 19.8 Å². The van der Waals surface area contributed by atoms with Crippen molar-refractivity contribution in [1.29, 1.82) is 0 Å². The van der Waals surface area contributed by atoms with Crippen LogP contribution < -0.4 is 10.1 Å². The van der Waals surface area contributed by atoms with Gasteiger partial charge < -0.3 is 14.6 Å². The Labute approximate surface area is 129 Å². The predicted octanol–water partition coefficient (Wildman–Crippen LogP) is 3.49. The molecule has 3 rings (SSSR count). The first-order chi connectivity index (χ1) is 11.0. The van der Waals surface area contributed by atoms with Gasteiger partial charge >= 0.3 is 6.36 Å². The number of aryl methyl sites for hydroxylation is 1. The molecule has 0 saturated carbocycles. The molecule has 0 radical (unpaired) electrons. The van der Waals surface area contributed by atoms with Gasteiger partial charge in [0.05, 0.1) is 12.0 Å². The number of para-hydroxylation sites is 2. The molecule has 0 aliphatic heterocycles. The molecule has 0 amide bonds. The first kappa shape index (κ1) is 15.1. The molecule has 6 nitrogen and oxygen atoms in total. The molecule has 1 N–H and O–H groups in total. The summed E-state index contributed by atoms with van der Waals surface area (Å²) in [6, 6.07) is 5.73. The molecule has 3 aromatic rings. The van der Waals surface area contributed by atoms with Gasteiger partial charge in [-0.2, -0.15) is 0 Å². The van der Waals surface area contributed by atoms with Gasteiger partial charge in [-0.05, 0) is 19.1 Å². The minimum absolute atomic E-state index is 0.135. The van der Waals surface area contributed by atoms with Crippen LogP contribution in [-0.2, 0) is 6.54 Å². The number of nitrogens with one attached hydrogen (secondary N) is 1. The van der Waals surface area contributed by atoms with Crippen molar-refractivity contribution in [2.24, 2.45) is 0 Å². The van der Waals surface area contributed by atoms with Crippen LogP contribution in [0, 0.1) is 0 Å². The fourth-order valence-corrected chi connectivity index (χ4v) is 2.11. The van der Waals surface area contributed by atoms with E-state index in [1.54, 1.807) is 17.0 Å². The van der Waals surface area contributed by atoms with Crippen LogP contribution in [0.3, 0.4) is 0 Å². The molecule has 2 aromatic heterocycles. The highest BCUT2D eigenvalue weighted by molar-refractivity contribution is 5.85. The number of hydrogen-bond donors (Lipinski definition) is 1. The number of fused-ring (bicyclic) bond motifs is 1. The molecule has 1 aromatic carbocycles. The van der Waals surface area contributed by atoms with E-state index in [0.717, 1.165) is 0 Å². The lowest BCUT2D eigenvalue weighted by Gasteiger charge is -2.14. The second kappa shape index (κ2) is 5.75. The lowest BCUT2D eigenvalue weighted by molar-refractivity contribution is -0.274. The zero-order valence-corrected chi connectivity index (χ0v) is 12.0. The van der Waals surface area contributed by atoms with E-state index in [2.05, 4.69) is 25.0 Å². The largest absolute Gasteiger partial charge is 0.573 e. The van der Waals surface area contributed by atoms with Crippen LogP contribution in [0.25, 0.3) is 11.2 Å². The second-order valence-electron chi connectivity index (χ2n) is 4.59. The average Bonchev–Trinajstić information content (AvgIpc) is 2.92. The Kier molecular flexibility index (Phi) is 3.77. The molecule has 23 heavy (non-hydrogen) atoms. The molecule has 2 heterocycles. The fraction of sp³-hybridized carbons (Fsp3) is 0.214. The standard InChI is InChI=1S/C14H12F3N5O/c1-2-22-8-20-11-12(18-7-19-13(11)22)21-9-5-3-4-6-10(9)23-14(15,16)17/h3-8H,2H2,1H3,(H,18,19,21). The van der Waals surface area contributed by atoms with Crippen molar-refractivity contribution in [1.82, 2.24) is 19.5 Å². The molecule has 0 aliphatic rings. The number of ether oxygens (including phenoxy) is 1. The third-order valence-corrected chi connectivity index (χ3v) is 3.11. The van der Waals surface area contributed by atoms with Crippen LogP contribution >= 0.6 is 0 Å². The normalized spacial score (nSPS) is 11.7. The summed E-state index contributed by atoms with van der Waals surface area (Å²) in [6.07, 6.45) is -1.85. The average molecular weight is 323 g/mol. The van der Waals surface area contributed by atoms with E-state index >= 15 is 0 Å². The van der Waals surface area contributed by atoms with Gasteiger partial charge in [-0.1, -0.05) is 12.1 Å². The highest BCUT2D eigenvalue weighted by Gasteiger charge is 2.32. The molecule has 0 unspecified atom stereocenters. The summed E-state index contributed by atoms with van der Waals surface area (Å²) in [5, 5.41) is 2.82. The van der Waals surface area contributed by atoms with Crippen molar-refractivity contribution in [2.75, 3.05) is 5.32 Å². The van der Waals surface area contributed by atoms with Crippen molar-refractivity contribution < 1.29 is 17.9 Å². The van der Waals surface area contributed by atoms with Gasteiger partial charge in [0.2, 0.25) is 0 Å². The smallest absolute Gasteiger partial charge is 0.404 e.